The molecule has 0 bridgehead atoms. The zero-order valence-electron chi connectivity index (χ0n) is 14.2. The highest BCUT2D eigenvalue weighted by molar-refractivity contribution is 5.74. The molecule has 0 aromatic carbocycles. The normalized spacial score (nSPS) is 15.7. The molecule has 128 valence electrons. The maximum atomic E-state index is 12.1. The Morgan fingerprint density at radius 1 is 1.21 bits per heavy atom. The molecule has 1 aliphatic carbocycles. The molecule has 24 heavy (non-hydrogen) atoms. The molecule has 6 heteroatoms. The zero-order chi connectivity index (χ0) is 16.8. The van der Waals surface area contributed by atoms with E-state index in [1.165, 1.54) is 25.7 Å². The number of amides is 2. The van der Waals surface area contributed by atoms with Gasteiger partial charge in [-0.3, -0.25) is 9.67 Å². The lowest BCUT2D eigenvalue weighted by atomic mass is 10.1. The number of urea groups is 1. The summed E-state index contributed by atoms with van der Waals surface area (Å²) in [5.74, 6) is 0. The van der Waals surface area contributed by atoms with E-state index in [9.17, 15) is 4.79 Å². The fourth-order valence-corrected chi connectivity index (χ4v) is 3.24. The van der Waals surface area contributed by atoms with Crippen LogP contribution in [0.15, 0.2) is 30.6 Å². The Balaban J connectivity index is 1.54. The van der Waals surface area contributed by atoms with E-state index in [0.29, 0.717) is 12.6 Å². The molecule has 1 fully saturated rings. The number of hydrogen-bond donors (Lipinski definition) is 2. The van der Waals surface area contributed by atoms with Gasteiger partial charge in [-0.2, -0.15) is 5.10 Å². The molecule has 2 N–H and O–H groups in total. The van der Waals surface area contributed by atoms with Crippen molar-refractivity contribution >= 4 is 6.03 Å². The third-order valence-electron chi connectivity index (χ3n) is 4.53. The van der Waals surface area contributed by atoms with Crippen molar-refractivity contribution in [2.24, 2.45) is 7.05 Å². The molecule has 2 amide bonds. The monoisotopic (exact) mass is 327 g/mol. The van der Waals surface area contributed by atoms with Crippen LogP contribution in [0.5, 0.6) is 0 Å². The Morgan fingerprint density at radius 2 is 1.92 bits per heavy atom. The van der Waals surface area contributed by atoms with Crippen LogP contribution in [0.1, 0.15) is 44.2 Å². The maximum Gasteiger partial charge on any atom is 0.315 e. The largest absolute Gasteiger partial charge is 0.335 e. The highest BCUT2D eigenvalue weighted by Gasteiger charge is 2.15. The van der Waals surface area contributed by atoms with Gasteiger partial charge in [-0.05, 0) is 31.0 Å². The van der Waals surface area contributed by atoms with Gasteiger partial charge in [-0.15, -0.1) is 0 Å². The molecule has 2 heterocycles. The Morgan fingerprint density at radius 3 is 2.62 bits per heavy atom. The quantitative estimate of drug-likeness (QED) is 0.848. The average molecular weight is 327 g/mol. The van der Waals surface area contributed by atoms with Gasteiger partial charge in [-0.25, -0.2) is 4.79 Å². The van der Waals surface area contributed by atoms with Crippen LogP contribution in [-0.4, -0.2) is 26.8 Å². The second kappa shape index (κ2) is 7.95. The average Bonchev–Trinajstić information content (AvgIpc) is 2.79. The molecule has 3 rings (SSSR count). The van der Waals surface area contributed by atoms with Crippen LogP contribution < -0.4 is 10.6 Å². The van der Waals surface area contributed by atoms with Gasteiger partial charge in [0.2, 0.25) is 0 Å². The molecule has 0 aliphatic heterocycles. The first-order valence-electron chi connectivity index (χ1n) is 8.70. The molecule has 1 aliphatic rings. The summed E-state index contributed by atoms with van der Waals surface area (Å²) >= 11 is 0. The Kier molecular flexibility index (Phi) is 5.46. The molecule has 0 atom stereocenters. The predicted molar refractivity (Wildman–Crippen MR) is 93.3 cm³/mol. The highest BCUT2D eigenvalue weighted by atomic mass is 16.2. The van der Waals surface area contributed by atoms with E-state index in [4.69, 9.17) is 0 Å². The second-order valence-electron chi connectivity index (χ2n) is 6.40. The molecular weight excluding hydrogens is 302 g/mol. The van der Waals surface area contributed by atoms with E-state index < -0.39 is 0 Å². The van der Waals surface area contributed by atoms with E-state index >= 15 is 0 Å². The number of nitrogens with zero attached hydrogens (tertiary/aromatic N) is 3. The number of aryl methyl sites for hydroxylation is 1. The molecular formula is C18H25N5O. The summed E-state index contributed by atoms with van der Waals surface area (Å²) in [4.78, 5) is 16.1. The van der Waals surface area contributed by atoms with Gasteiger partial charge >= 0.3 is 6.03 Å². The van der Waals surface area contributed by atoms with Crippen LogP contribution in [0.25, 0.3) is 11.3 Å². The number of rotatable bonds is 4. The Bertz CT molecular complexity index is 659. The fraction of sp³-hybridized carbons (Fsp3) is 0.500. The van der Waals surface area contributed by atoms with Gasteiger partial charge in [0.15, 0.2) is 0 Å². The minimum atomic E-state index is -0.0991. The SMILES string of the molecule is Cn1nc(CNC(=O)NC2CCCCCC2)cc1-c1ccncc1. The van der Waals surface area contributed by atoms with Gasteiger partial charge in [0.25, 0.3) is 0 Å². The molecule has 0 unspecified atom stereocenters. The second-order valence-corrected chi connectivity index (χ2v) is 6.40. The first-order valence-corrected chi connectivity index (χ1v) is 8.70. The van der Waals surface area contributed by atoms with E-state index in [-0.39, 0.29) is 6.03 Å². The number of nitrogens with one attached hydrogen (secondary N) is 2. The molecule has 0 radical (unpaired) electrons. The van der Waals surface area contributed by atoms with Gasteiger partial charge in [0, 0.05) is 31.0 Å². The van der Waals surface area contributed by atoms with Gasteiger partial charge < -0.3 is 10.6 Å². The van der Waals surface area contributed by atoms with Gasteiger partial charge in [0.1, 0.15) is 0 Å². The van der Waals surface area contributed by atoms with Crippen LogP contribution in [0.2, 0.25) is 0 Å². The van der Waals surface area contributed by atoms with Crippen molar-refractivity contribution in [2.45, 2.75) is 51.1 Å². The van der Waals surface area contributed by atoms with Crippen molar-refractivity contribution in [1.82, 2.24) is 25.4 Å². The highest BCUT2D eigenvalue weighted by Crippen LogP contribution is 2.19. The van der Waals surface area contributed by atoms with Crippen molar-refractivity contribution < 1.29 is 4.79 Å². The van der Waals surface area contributed by atoms with Crippen molar-refractivity contribution in [2.75, 3.05) is 0 Å². The first-order chi connectivity index (χ1) is 11.7. The maximum absolute atomic E-state index is 12.1. The molecule has 2 aromatic rings. The minimum Gasteiger partial charge on any atom is -0.335 e. The summed E-state index contributed by atoms with van der Waals surface area (Å²) in [5.41, 5.74) is 2.92. The van der Waals surface area contributed by atoms with Gasteiger partial charge in [0.05, 0.1) is 17.9 Å². The third-order valence-corrected chi connectivity index (χ3v) is 4.53. The molecule has 0 spiro atoms. The van der Waals surface area contributed by atoms with Crippen LogP contribution in [0.4, 0.5) is 4.79 Å². The van der Waals surface area contributed by atoms with E-state index in [1.807, 2.05) is 29.9 Å². The van der Waals surface area contributed by atoms with Crippen LogP contribution >= 0.6 is 0 Å². The third kappa shape index (κ3) is 4.34. The van der Waals surface area contributed by atoms with Crippen LogP contribution in [0.3, 0.4) is 0 Å². The molecule has 0 saturated heterocycles. The smallest absolute Gasteiger partial charge is 0.315 e. The van der Waals surface area contributed by atoms with Crippen molar-refractivity contribution in [1.29, 1.82) is 0 Å². The Labute approximate surface area is 142 Å². The lowest BCUT2D eigenvalue weighted by Gasteiger charge is -2.16. The molecule has 1 saturated carbocycles. The summed E-state index contributed by atoms with van der Waals surface area (Å²) in [7, 11) is 1.91. The lowest BCUT2D eigenvalue weighted by molar-refractivity contribution is 0.235. The molecule has 2 aromatic heterocycles. The summed E-state index contributed by atoms with van der Waals surface area (Å²) in [6.07, 6.45) is 10.7. The van der Waals surface area contributed by atoms with Crippen molar-refractivity contribution in [3.63, 3.8) is 0 Å². The fourth-order valence-electron chi connectivity index (χ4n) is 3.24. The van der Waals surface area contributed by atoms with Crippen LogP contribution in [-0.2, 0) is 13.6 Å². The predicted octanol–water partition coefficient (Wildman–Crippen LogP) is 3.00. The lowest BCUT2D eigenvalue weighted by Crippen LogP contribution is -2.41. The topological polar surface area (TPSA) is 71.8 Å². The number of carbonyl (C=O) groups is 1. The van der Waals surface area contributed by atoms with Crippen molar-refractivity contribution in [3.8, 4) is 11.3 Å². The summed E-state index contributed by atoms with van der Waals surface area (Å²) in [6, 6.07) is 6.11. The number of pyridine rings is 1. The van der Waals surface area contributed by atoms with E-state index in [0.717, 1.165) is 29.8 Å². The minimum absolute atomic E-state index is 0.0991. The zero-order valence-corrected chi connectivity index (χ0v) is 14.2. The summed E-state index contributed by atoms with van der Waals surface area (Å²) < 4.78 is 1.83. The molecule has 6 nitrogen and oxygen atoms in total. The van der Waals surface area contributed by atoms with E-state index in [2.05, 4.69) is 20.7 Å². The van der Waals surface area contributed by atoms with Crippen LogP contribution in [0, 0.1) is 0 Å². The standard InChI is InChI=1S/C18H25N5O/c1-23-17(14-8-10-19-11-9-14)12-16(22-23)13-20-18(24)21-15-6-4-2-3-5-7-15/h8-12,15H,2-7,13H2,1H3,(H2,20,21,24). The number of carbonyl (C=O) groups excluding carboxylic acids is 1. The van der Waals surface area contributed by atoms with Gasteiger partial charge in [-0.1, -0.05) is 25.7 Å². The first kappa shape index (κ1) is 16.5. The number of hydrogen-bond acceptors (Lipinski definition) is 3. The summed E-state index contributed by atoms with van der Waals surface area (Å²) in [5, 5.41) is 10.5. The summed E-state index contributed by atoms with van der Waals surface area (Å²) in [6.45, 7) is 0.428. The number of aromatic nitrogens is 3. The van der Waals surface area contributed by atoms with E-state index in [1.54, 1.807) is 12.4 Å². The Hall–Kier alpha value is -2.37. The van der Waals surface area contributed by atoms with Crippen molar-refractivity contribution in [3.05, 3.63) is 36.3 Å².